The second kappa shape index (κ2) is 4.93. The van der Waals surface area contributed by atoms with Gasteiger partial charge in [-0.25, -0.2) is 4.98 Å². The van der Waals surface area contributed by atoms with E-state index in [4.69, 9.17) is 11.6 Å². The van der Waals surface area contributed by atoms with Crippen LogP contribution in [0.3, 0.4) is 0 Å². The van der Waals surface area contributed by atoms with E-state index in [1.54, 1.807) is 18.2 Å². The first kappa shape index (κ1) is 11.5. The van der Waals surface area contributed by atoms with Gasteiger partial charge in [-0.2, -0.15) is 4.39 Å². The van der Waals surface area contributed by atoms with Crippen molar-refractivity contribution in [2.24, 2.45) is 0 Å². The summed E-state index contributed by atoms with van der Waals surface area (Å²) in [5, 5.41) is 2.94. The molecule has 3 nitrogen and oxygen atoms in total. The van der Waals surface area contributed by atoms with E-state index in [1.165, 1.54) is 24.3 Å². The van der Waals surface area contributed by atoms with Gasteiger partial charge in [0.05, 0.1) is 0 Å². The van der Waals surface area contributed by atoms with Gasteiger partial charge in [-0.3, -0.25) is 4.79 Å². The molecule has 86 valence electrons. The zero-order chi connectivity index (χ0) is 12.3. The number of amides is 1. The molecule has 0 fully saturated rings. The Morgan fingerprint density at radius 1 is 1.24 bits per heavy atom. The fourth-order valence-electron chi connectivity index (χ4n) is 1.30. The van der Waals surface area contributed by atoms with Gasteiger partial charge in [-0.1, -0.05) is 23.7 Å². The van der Waals surface area contributed by atoms with E-state index < -0.39 is 5.95 Å². The molecule has 0 radical (unpaired) electrons. The van der Waals surface area contributed by atoms with Crippen molar-refractivity contribution in [1.82, 2.24) is 4.98 Å². The minimum atomic E-state index is -0.645. The van der Waals surface area contributed by atoms with Gasteiger partial charge < -0.3 is 5.32 Å². The second-order valence-corrected chi connectivity index (χ2v) is 3.75. The first-order valence-electron chi connectivity index (χ1n) is 4.84. The molecular weight excluding hydrogens is 243 g/mol. The van der Waals surface area contributed by atoms with Crippen LogP contribution in [0.4, 0.5) is 10.2 Å². The summed E-state index contributed by atoms with van der Waals surface area (Å²) in [6, 6.07) is 10.6. The summed E-state index contributed by atoms with van der Waals surface area (Å²) >= 11 is 5.76. The quantitative estimate of drug-likeness (QED) is 0.832. The minimum Gasteiger partial charge on any atom is -0.306 e. The van der Waals surface area contributed by atoms with E-state index in [1.807, 2.05) is 0 Å². The van der Waals surface area contributed by atoms with Crippen molar-refractivity contribution in [2.75, 3.05) is 5.32 Å². The number of nitrogens with zero attached hydrogens (tertiary/aromatic N) is 1. The standard InChI is InChI=1S/C12H8ClFN2O/c13-9-4-1-3-8(7-9)12(17)16-11-6-2-5-10(14)15-11/h1-7H,(H,15,16,17). The molecule has 2 aromatic rings. The molecule has 0 spiro atoms. The Labute approximate surface area is 102 Å². The topological polar surface area (TPSA) is 42.0 Å². The first-order valence-corrected chi connectivity index (χ1v) is 5.22. The lowest BCUT2D eigenvalue weighted by Crippen LogP contribution is -2.13. The maximum absolute atomic E-state index is 12.8. The van der Waals surface area contributed by atoms with Crippen LogP contribution in [0, 0.1) is 5.95 Å². The zero-order valence-electron chi connectivity index (χ0n) is 8.65. The summed E-state index contributed by atoms with van der Waals surface area (Å²) in [6.07, 6.45) is 0. The van der Waals surface area contributed by atoms with E-state index in [2.05, 4.69) is 10.3 Å². The van der Waals surface area contributed by atoms with Gasteiger partial charge in [0.15, 0.2) is 0 Å². The Morgan fingerprint density at radius 2 is 2.00 bits per heavy atom. The molecule has 17 heavy (non-hydrogen) atoms. The Balaban J connectivity index is 2.17. The van der Waals surface area contributed by atoms with E-state index in [0.29, 0.717) is 10.6 Å². The molecule has 1 aromatic carbocycles. The zero-order valence-corrected chi connectivity index (χ0v) is 9.41. The number of anilines is 1. The highest BCUT2D eigenvalue weighted by molar-refractivity contribution is 6.31. The predicted molar refractivity (Wildman–Crippen MR) is 63.6 cm³/mol. The highest BCUT2D eigenvalue weighted by Crippen LogP contribution is 2.12. The lowest BCUT2D eigenvalue weighted by atomic mass is 10.2. The number of nitrogens with one attached hydrogen (secondary N) is 1. The third kappa shape index (κ3) is 3.01. The molecule has 0 unspecified atom stereocenters. The van der Waals surface area contributed by atoms with E-state index in [0.717, 1.165) is 0 Å². The third-order valence-electron chi connectivity index (χ3n) is 2.04. The van der Waals surface area contributed by atoms with Crippen molar-refractivity contribution in [2.45, 2.75) is 0 Å². The molecule has 0 saturated carbocycles. The Kier molecular flexibility index (Phi) is 3.35. The lowest BCUT2D eigenvalue weighted by molar-refractivity contribution is 0.102. The van der Waals surface area contributed by atoms with Gasteiger partial charge in [-0.15, -0.1) is 0 Å². The van der Waals surface area contributed by atoms with Crippen LogP contribution in [0.1, 0.15) is 10.4 Å². The average Bonchev–Trinajstić information content (AvgIpc) is 2.29. The van der Waals surface area contributed by atoms with Crippen LogP contribution in [0.15, 0.2) is 42.5 Å². The molecule has 1 heterocycles. The van der Waals surface area contributed by atoms with Crippen molar-refractivity contribution in [1.29, 1.82) is 0 Å². The summed E-state index contributed by atoms with van der Waals surface area (Å²) in [4.78, 5) is 15.3. The van der Waals surface area contributed by atoms with Crippen molar-refractivity contribution in [3.05, 3.63) is 59.0 Å². The van der Waals surface area contributed by atoms with Crippen LogP contribution in [0.25, 0.3) is 0 Å². The molecule has 0 atom stereocenters. The highest BCUT2D eigenvalue weighted by atomic mass is 35.5. The third-order valence-corrected chi connectivity index (χ3v) is 2.28. The number of aromatic nitrogens is 1. The molecule has 1 N–H and O–H groups in total. The molecule has 1 amide bonds. The number of rotatable bonds is 2. The largest absolute Gasteiger partial charge is 0.306 e. The van der Waals surface area contributed by atoms with Crippen molar-refractivity contribution in [3.8, 4) is 0 Å². The van der Waals surface area contributed by atoms with Crippen molar-refractivity contribution in [3.63, 3.8) is 0 Å². The van der Waals surface area contributed by atoms with Gasteiger partial charge in [-0.05, 0) is 30.3 Å². The highest BCUT2D eigenvalue weighted by Gasteiger charge is 2.07. The predicted octanol–water partition coefficient (Wildman–Crippen LogP) is 3.13. The van der Waals surface area contributed by atoms with Crippen LogP contribution in [-0.2, 0) is 0 Å². The van der Waals surface area contributed by atoms with Crippen LogP contribution < -0.4 is 5.32 Å². The van der Waals surface area contributed by atoms with Gasteiger partial charge in [0.1, 0.15) is 5.82 Å². The molecule has 2 rings (SSSR count). The number of pyridine rings is 1. The molecule has 0 aliphatic heterocycles. The van der Waals surface area contributed by atoms with Crippen molar-refractivity contribution >= 4 is 23.3 Å². The number of benzene rings is 1. The molecule has 0 aliphatic rings. The van der Waals surface area contributed by atoms with Crippen LogP contribution in [0.5, 0.6) is 0 Å². The summed E-state index contributed by atoms with van der Waals surface area (Å²) in [6.45, 7) is 0. The number of hydrogen-bond donors (Lipinski definition) is 1. The molecule has 0 saturated heterocycles. The van der Waals surface area contributed by atoms with Crippen molar-refractivity contribution < 1.29 is 9.18 Å². The Bertz CT molecular complexity index is 560. The van der Waals surface area contributed by atoms with Crippen LogP contribution in [0.2, 0.25) is 5.02 Å². The Morgan fingerprint density at radius 3 is 2.71 bits per heavy atom. The normalized spacial score (nSPS) is 10.0. The minimum absolute atomic E-state index is 0.162. The fourth-order valence-corrected chi connectivity index (χ4v) is 1.49. The Hall–Kier alpha value is -1.94. The number of carbonyl (C=O) groups is 1. The lowest BCUT2D eigenvalue weighted by Gasteiger charge is -2.04. The second-order valence-electron chi connectivity index (χ2n) is 3.31. The van der Waals surface area contributed by atoms with Gasteiger partial charge >= 0.3 is 0 Å². The van der Waals surface area contributed by atoms with Crippen LogP contribution >= 0.6 is 11.6 Å². The maximum atomic E-state index is 12.8. The molecule has 0 aliphatic carbocycles. The van der Waals surface area contributed by atoms with Gasteiger partial charge in [0.2, 0.25) is 5.95 Å². The molecule has 1 aromatic heterocycles. The number of halogens is 2. The van der Waals surface area contributed by atoms with E-state index in [9.17, 15) is 9.18 Å². The smallest absolute Gasteiger partial charge is 0.256 e. The first-order chi connectivity index (χ1) is 8.15. The van der Waals surface area contributed by atoms with E-state index >= 15 is 0 Å². The summed E-state index contributed by atoms with van der Waals surface area (Å²) < 4.78 is 12.8. The van der Waals surface area contributed by atoms with E-state index in [-0.39, 0.29) is 11.7 Å². The molecular formula is C12H8ClFN2O. The SMILES string of the molecule is O=C(Nc1cccc(F)n1)c1cccc(Cl)c1. The summed E-state index contributed by atoms with van der Waals surface area (Å²) in [7, 11) is 0. The molecule has 0 bridgehead atoms. The monoisotopic (exact) mass is 250 g/mol. The maximum Gasteiger partial charge on any atom is 0.256 e. The van der Waals surface area contributed by atoms with Crippen LogP contribution in [-0.4, -0.2) is 10.9 Å². The number of hydrogen-bond acceptors (Lipinski definition) is 2. The average molecular weight is 251 g/mol. The molecule has 5 heteroatoms. The van der Waals surface area contributed by atoms with Gasteiger partial charge in [0, 0.05) is 10.6 Å². The van der Waals surface area contributed by atoms with Gasteiger partial charge in [0.25, 0.3) is 5.91 Å². The number of carbonyl (C=O) groups excluding carboxylic acids is 1. The fraction of sp³-hybridized carbons (Fsp3) is 0. The summed E-state index contributed by atoms with van der Waals surface area (Å²) in [5.41, 5.74) is 0.392. The summed E-state index contributed by atoms with van der Waals surface area (Å²) in [5.74, 6) is -0.866.